The average molecular weight is 613 g/mol. The Balaban J connectivity index is 1.12. The number of anilines is 2. The van der Waals surface area contributed by atoms with Crippen LogP contribution >= 0.6 is 0 Å². The van der Waals surface area contributed by atoms with Gasteiger partial charge in [0.1, 0.15) is 0 Å². The van der Waals surface area contributed by atoms with E-state index >= 15 is 0 Å². The van der Waals surface area contributed by atoms with E-state index in [9.17, 15) is 14.4 Å². The van der Waals surface area contributed by atoms with E-state index in [1.165, 1.54) is 0 Å². The Bertz CT molecular complexity index is 1550. The molecule has 238 valence electrons. The van der Waals surface area contributed by atoms with Crippen molar-refractivity contribution in [3.05, 3.63) is 76.6 Å². The molecule has 0 saturated carbocycles. The Morgan fingerprint density at radius 3 is 2.27 bits per heavy atom. The lowest BCUT2D eigenvalue weighted by Crippen LogP contribution is -2.54. The number of piperazine rings is 1. The van der Waals surface area contributed by atoms with Crippen LogP contribution in [0.4, 0.5) is 16.2 Å². The third-order valence-corrected chi connectivity index (χ3v) is 9.11. The number of fused-ring (bicyclic) bond motifs is 3. The molecule has 3 aliphatic rings. The number of nitrogens with one attached hydrogen (secondary N) is 3. The average Bonchev–Trinajstić information content (AvgIpc) is 3.59. The van der Waals surface area contributed by atoms with E-state index in [1.54, 1.807) is 19.0 Å². The van der Waals surface area contributed by atoms with Gasteiger partial charge in [-0.05, 0) is 68.7 Å². The van der Waals surface area contributed by atoms with Crippen LogP contribution in [0.15, 0.2) is 48.5 Å². The Labute approximate surface area is 264 Å². The number of benzene rings is 2. The predicted molar refractivity (Wildman–Crippen MR) is 175 cm³/mol. The number of carbonyl (C=O) groups is 3. The second-order valence-electron chi connectivity index (χ2n) is 13.1. The lowest BCUT2D eigenvalue weighted by Gasteiger charge is -2.34. The van der Waals surface area contributed by atoms with Crippen molar-refractivity contribution in [1.29, 1.82) is 0 Å². The summed E-state index contributed by atoms with van der Waals surface area (Å²) in [4.78, 5) is 44.5. The summed E-state index contributed by atoms with van der Waals surface area (Å²) >= 11 is 0. The van der Waals surface area contributed by atoms with Gasteiger partial charge in [-0.25, -0.2) is 4.79 Å². The van der Waals surface area contributed by atoms with E-state index < -0.39 is 0 Å². The maximum atomic E-state index is 13.6. The molecular weight excluding hydrogens is 568 g/mol. The van der Waals surface area contributed by atoms with Gasteiger partial charge in [0.15, 0.2) is 5.69 Å². The van der Waals surface area contributed by atoms with Gasteiger partial charge in [-0.1, -0.05) is 19.1 Å². The summed E-state index contributed by atoms with van der Waals surface area (Å²) in [6, 6.07) is 16.1. The molecule has 3 N–H and O–H groups in total. The van der Waals surface area contributed by atoms with Gasteiger partial charge in [0.25, 0.3) is 11.8 Å². The smallest absolute Gasteiger partial charge is 0.321 e. The van der Waals surface area contributed by atoms with Crippen LogP contribution in [0.2, 0.25) is 0 Å². The second kappa shape index (κ2) is 12.5. The Kier molecular flexibility index (Phi) is 8.54. The zero-order valence-electron chi connectivity index (χ0n) is 26.8. The van der Waals surface area contributed by atoms with Gasteiger partial charge in [0.05, 0.1) is 0 Å². The molecule has 2 unspecified atom stereocenters. The van der Waals surface area contributed by atoms with Crippen molar-refractivity contribution >= 4 is 29.2 Å². The minimum Gasteiger partial charge on any atom is -0.366 e. The molecule has 3 atom stereocenters. The van der Waals surface area contributed by atoms with Crippen molar-refractivity contribution in [2.45, 2.75) is 70.7 Å². The number of urea groups is 1. The lowest BCUT2D eigenvalue weighted by atomic mass is 9.95. The number of rotatable bonds is 7. The molecule has 4 heterocycles. The first-order chi connectivity index (χ1) is 21.6. The summed E-state index contributed by atoms with van der Waals surface area (Å²) in [6.07, 6.45) is 2.25. The van der Waals surface area contributed by atoms with E-state index in [4.69, 9.17) is 5.10 Å². The molecule has 1 aromatic heterocycles. The first-order valence-electron chi connectivity index (χ1n) is 15.9. The third-order valence-electron chi connectivity index (χ3n) is 9.11. The highest BCUT2D eigenvalue weighted by Crippen LogP contribution is 2.35. The van der Waals surface area contributed by atoms with Crippen molar-refractivity contribution < 1.29 is 14.4 Å². The van der Waals surface area contributed by atoms with Crippen LogP contribution < -0.4 is 20.9 Å². The number of amides is 4. The van der Waals surface area contributed by atoms with E-state index in [1.807, 2.05) is 58.1 Å². The highest BCUT2D eigenvalue weighted by atomic mass is 16.2. The van der Waals surface area contributed by atoms with Crippen molar-refractivity contribution in [1.82, 2.24) is 30.2 Å². The summed E-state index contributed by atoms with van der Waals surface area (Å²) in [5.41, 5.74) is 5.80. The Morgan fingerprint density at radius 2 is 1.64 bits per heavy atom. The van der Waals surface area contributed by atoms with Crippen LogP contribution in [-0.2, 0) is 13.1 Å². The van der Waals surface area contributed by atoms with Crippen molar-refractivity contribution in [2.75, 3.05) is 43.9 Å². The van der Waals surface area contributed by atoms with E-state index in [0.29, 0.717) is 36.4 Å². The summed E-state index contributed by atoms with van der Waals surface area (Å²) in [5, 5.41) is 14.5. The zero-order valence-corrected chi connectivity index (χ0v) is 26.8. The van der Waals surface area contributed by atoms with Crippen LogP contribution in [0.25, 0.3) is 0 Å². The van der Waals surface area contributed by atoms with Crippen molar-refractivity contribution in [3.63, 3.8) is 0 Å². The first kappa shape index (κ1) is 30.6. The van der Waals surface area contributed by atoms with E-state index in [2.05, 4.69) is 41.6 Å². The normalized spacial score (nSPS) is 20.6. The molecule has 6 rings (SSSR count). The Hall–Kier alpha value is -4.38. The molecule has 0 aliphatic carbocycles. The maximum absolute atomic E-state index is 13.6. The molecular formula is C34H44N8O3. The first-order valence-corrected chi connectivity index (χ1v) is 15.9. The number of carbonyl (C=O) groups excluding carboxylic acids is 3. The van der Waals surface area contributed by atoms with Crippen LogP contribution in [0.5, 0.6) is 0 Å². The number of hydrogen-bond donors (Lipinski definition) is 3. The fourth-order valence-corrected chi connectivity index (χ4v) is 6.82. The fourth-order valence-electron chi connectivity index (χ4n) is 6.82. The summed E-state index contributed by atoms with van der Waals surface area (Å²) in [5.74, 6) is -0.0843. The van der Waals surface area contributed by atoms with E-state index in [0.717, 1.165) is 60.7 Å². The summed E-state index contributed by atoms with van der Waals surface area (Å²) < 4.78 is 1.99. The quantitative estimate of drug-likeness (QED) is 0.369. The second-order valence-corrected chi connectivity index (χ2v) is 13.1. The molecule has 0 spiro atoms. The standard InChI is InChI=1S/C34H44N8O3/c1-21(2)42-31-22(3)17-40(28-14-8-24(9-15-28)33(44)39(4)5)20-29(31)30(38-42)32(43)35-16-23-6-10-25(11-7-23)37-34(45)41-18-26-12-13-27(19-41)36-26/h6-11,14-15,21-22,26-27,36H,12-13,16-20H2,1-5H3,(H,35,43)(H,37,45)/t22-,26?,27?/m0/s1. The van der Waals surface area contributed by atoms with Crippen molar-refractivity contribution in [3.8, 4) is 0 Å². The van der Waals surface area contributed by atoms with Gasteiger partial charge in [-0.3, -0.25) is 14.3 Å². The number of nitrogens with zero attached hydrogens (tertiary/aromatic N) is 5. The molecule has 2 fully saturated rings. The molecule has 2 aromatic carbocycles. The van der Waals surface area contributed by atoms with Gasteiger partial charge in [-0.15, -0.1) is 0 Å². The topological polar surface area (TPSA) is 115 Å². The fraction of sp³-hybridized carbons (Fsp3) is 0.471. The van der Waals surface area contributed by atoms with Crippen LogP contribution in [0.3, 0.4) is 0 Å². The van der Waals surface area contributed by atoms with Crippen LogP contribution in [0.1, 0.15) is 83.2 Å². The molecule has 3 aromatic rings. The molecule has 11 nitrogen and oxygen atoms in total. The molecule has 3 aliphatic heterocycles. The van der Waals surface area contributed by atoms with E-state index in [-0.39, 0.29) is 29.8 Å². The number of likely N-dealkylation sites (tertiary alicyclic amines) is 1. The highest BCUT2D eigenvalue weighted by molar-refractivity contribution is 5.95. The largest absolute Gasteiger partial charge is 0.366 e. The third kappa shape index (κ3) is 6.40. The SMILES string of the molecule is CC(C)n1nc(C(=O)NCc2ccc(NC(=O)N3CC4CCC(C3)N4)cc2)c2c1[C@@H](C)CN(c1ccc(C(=O)N(C)C)cc1)C2. The van der Waals surface area contributed by atoms with Crippen molar-refractivity contribution in [2.24, 2.45) is 0 Å². The molecule has 4 amide bonds. The van der Waals surface area contributed by atoms with Crippen LogP contribution in [0, 0.1) is 0 Å². The summed E-state index contributed by atoms with van der Waals surface area (Å²) in [7, 11) is 3.49. The summed E-state index contributed by atoms with van der Waals surface area (Å²) in [6.45, 7) is 9.50. The lowest BCUT2D eigenvalue weighted by molar-refractivity contribution is 0.0827. The van der Waals surface area contributed by atoms with Gasteiger partial charge < -0.3 is 30.7 Å². The molecule has 2 bridgehead atoms. The van der Waals surface area contributed by atoms with Gasteiger partial charge in [0, 0.05) is 99.1 Å². The molecule has 2 saturated heterocycles. The molecule has 11 heteroatoms. The number of hydrogen-bond acceptors (Lipinski definition) is 6. The molecule has 45 heavy (non-hydrogen) atoms. The predicted octanol–water partition coefficient (Wildman–Crippen LogP) is 4.19. The maximum Gasteiger partial charge on any atom is 0.321 e. The monoisotopic (exact) mass is 612 g/mol. The van der Waals surface area contributed by atoms with Gasteiger partial charge >= 0.3 is 6.03 Å². The van der Waals surface area contributed by atoms with Crippen LogP contribution in [-0.4, -0.2) is 83.2 Å². The zero-order chi connectivity index (χ0) is 31.8. The van der Waals surface area contributed by atoms with Gasteiger partial charge in [-0.2, -0.15) is 5.10 Å². The van der Waals surface area contributed by atoms with Gasteiger partial charge in [0.2, 0.25) is 0 Å². The Morgan fingerprint density at radius 1 is 0.978 bits per heavy atom. The minimum absolute atomic E-state index is 0.0332. The highest BCUT2D eigenvalue weighted by Gasteiger charge is 2.35. The minimum atomic E-state index is -0.211. The number of aromatic nitrogens is 2. The molecule has 0 radical (unpaired) electrons.